The van der Waals surface area contributed by atoms with Gasteiger partial charge in [-0.3, -0.25) is 4.79 Å². The highest BCUT2D eigenvalue weighted by atomic mass is 35.5. The first-order chi connectivity index (χ1) is 8.08. The molecule has 1 aromatic heterocycles. The topological polar surface area (TPSA) is 68.0 Å². The third kappa shape index (κ3) is 2.69. The van der Waals surface area contributed by atoms with Crippen LogP contribution in [0.3, 0.4) is 0 Å². The number of carbonyl (C=O) groups excluding carboxylic acids is 1. The van der Waals surface area contributed by atoms with Gasteiger partial charge < -0.3 is 11.1 Å². The van der Waals surface area contributed by atoms with Crippen LogP contribution in [0.4, 0.5) is 5.69 Å². The summed E-state index contributed by atoms with van der Waals surface area (Å²) in [6, 6.07) is 1.73. The third-order valence-electron chi connectivity index (χ3n) is 3.32. The average molecular weight is 254 g/mol. The molecule has 4 nitrogen and oxygen atoms in total. The highest BCUT2D eigenvalue weighted by molar-refractivity contribution is 6.32. The number of nitrogens with one attached hydrogen (secondary N) is 1. The van der Waals surface area contributed by atoms with Crippen LogP contribution in [-0.2, 0) is 0 Å². The van der Waals surface area contributed by atoms with E-state index in [-0.39, 0.29) is 17.1 Å². The second kappa shape index (κ2) is 4.92. The van der Waals surface area contributed by atoms with Crippen molar-refractivity contribution in [1.82, 2.24) is 10.3 Å². The van der Waals surface area contributed by atoms with E-state index < -0.39 is 0 Å². The molecule has 0 saturated heterocycles. The standard InChI is InChI=1S/C12H16ClN3O/c1-7(8-3-2-4-8)16-12(17)10-5-9(14)6-15-11(10)13/h5-8H,2-4,14H2,1H3,(H,16,17). The minimum absolute atomic E-state index is 0.175. The molecule has 92 valence electrons. The molecule has 2 rings (SSSR count). The van der Waals surface area contributed by atoms with Crippen LogP contribution in [0.1, 0.15) is 36.5 Å². The SMILES string of the molecule is CC(NC(=O)c1cc(N)cnc1Cl)C1CCC1. The summed E-state index contributed by atoms with van der Waals surface area (Å²) in [5.41, 5.74) is 6.38. The number of amides is 1. The average Bonchev–Trinajstić information content (AvgIpc) is 2.18. The van der Waals surface area contributed by atoms with E-state index in [9.17, 15) is 4.79 Å². The van der Waals surface area contributed by atoms with Crippen LogP contribution >= 0.6 is 11.6 Å². The van der Waals surface area contributed by atoms with Gasteiger partial charge in [-0.25, -0.2) is 4.98 Å². The smallest absolute Gasteiger partial charge is 0.254 e. The van der Waals surface area contributed by atoms with Gasteiger partial charge in [0.1, 0.15) is 5.15 Å². The number of nitrogens with zero attached hydrogens (tertiary/aromatic N) is 1. The molecule has 1 amide bonds. The molecule has 0 aliphatic heterocycles. The summed E-state index contributed by atoms with van der Waals surface area (Å²) in [6.07, 6.45) is 5.06. The lowest BCUT2D eigenvalue weighted by atomic mass is 9.80. The number of carbonyl (C=O) groups is 1. The zero-order valence-corrected chi connectivity index (χ0v) is 10.5. The van der Waals surface area contributed by atoms with Crippen molar-refractivity contribution in [3.8, 4) is 0 Å². The summed E-state index contributed by atoms with van der Waals surface area (Å²) in [6.45, 7) is 2.02. The van der Waals surface area contributed by atoms with E-state index in [0.717, 1.165) is 0 Å². The molecule has 1 atom stereocenters. The Hall–Kier alpha value is -1.29. The van der Waals surface area contributed by atoms with Gasteiger partial charge in [-0.15, -0.1) is 0 Å². The summed E-state index contributed by atoms with van der Waals surface area (Å²) in [5.74, 6) is 0.390. The summed E-state index contributed by atoms with van der Waals surface area (Å²) < 4.78 is 0. The zero-order valence-electron chi connectivity index (χ0n) is 9.74. The molecule has 17 heavy (non-hydrogen) atoms. The summed E-state index contributed by atoms with van der Waals surface area (Å²) >= 11 is 5.87. The normalized spacial score (nSPS) is 17.3. The molecular weight excluding hydrogens is 238 g/mol. The molecule has 0 spiro atoms. The number of hydrogen-bond donors (Lipinski definition) is 2. The minimum atomic E-state index is -0.200. The fourth-order valence-corrected chi connectivity index (χ4v) is 2.15. The molecule has 0 radical (unpaired) electrons. The predicted octanol–water partition coefficient (Wildman–Crippen LogP) is 2.24. The number of pyridine rings is 1. The number of halogens is 1. The van der Waals surface area contributed by atoms with Gasteiger partial charge in [0.05, 0.1) is 17.4 Å². The molecule has 0 aromatic carbocycles. The lowest BCUT2D eigenvalue weighted by Gasteiger charge is -2.31. The maximum atomic E-state index is 12.0. The Morgan fingerprint density at radius 3 is 2.94 bits per heavy atom. The van der Waals surface area contributed by atoms with Crippen molar-refractivity contribution in [2.75, 3.05) is 5.73 Å². The van der Waals surface area contributed by atoms with Gasteiger partial charge in [0.15, 0.2) is 0 Å². The van der Waals surface area contributed by atoms with Crippen LogP contribution in [0, 0.1) is 5.92 Å². The molecule has 1 unspecified atom stereocenters. The second-order valence-electron chi connectivity index (χ2n) is 4.56. The van der Waals surface area contributed by atoms with Crippen molar-refractivity contribution >= 4 is 23.2 Å². The number of anilines is 1. The maximum absolute atomic E-state index is 12.0. The van der Waals surface area contributed by atoms with Gasteiger partial charge in [0.25, 0.3) is 5.91 Å². The van der Waals surface area contributed by atoms with Gasteiger partial charge in [0.2, 0.25) is 0 Å². The molecule has 1 heterocycles. The van der Waals surface area contributed by atoms with Gasteiger partial charge in [-0.1, -0.05) is 18.0 Å². The van der Waals surface area contributed by atoms with E-state index in [1.807, 2.05) is 6.92 Å². The summed E-state index contributed by atoms with van der Waals surface area (Å²) in [4.78, 5) is 15.8. The van der Waals surface area contributed by atoms with Crippen LogP contribution in [0.2, 0.25) is 5.15 Å². The van der Waals surface area contributed by atoms with Crippen molar-refractivity contribution in [2.45, 2.75) is 32.2 Å². The maximum Gasteiger partial charge on any atom is 0.254 e. The predicted molar refractivity (Wildman–Crippen MR) is 67.9 cm³/mol. The van der Waals surface area contributed by atoms with E-state index in [0.29, 0.717) is 17.2 Å². The molecule has 1 saturated carbocycles. The lowest BCUT2D eigenvalue weighted by Crippen LogP contribution is -2.40. The van der Waals surface area contributed by atoms with E-state index in [1.165, 1.54) is 25.5 Å². The monoisotopic (exact) mass is 253 g/mol. The van der Waals surface area contributed by atoms with Crippen molar-refractivity contribution in [2.24, 2.45) is 5.92 Å². The Kier molecular flexibility index (Phi) is 3.52. The van der Waals surface area contributed by atoms with Gasteiger partial charge in [-0.2, -0.15) is 0 Å². The van der Waals surface area contributed by atoms with Crippen molar-refractivity contribution in [3.05, 3.63) is 23.0 Å². The number of nitrogen functional groups attached to an aromatic ring is 1. The number of nitrogens with two attached hydrogens (primary N) is 1. The zero-order chi connectivity index (χ0) is 12.4. The Morgan fingerprint density at radius 1 is 1.65 bits per heavy atom. The van der Waals surface area contributed by atoms with E-state index in [1.54, 1.807) is 6.07 Å². The molecule has 3 N–H and O–H groups in total. The van der Waals surface area contributed by atoms with Crippen LogP contribution in [-0.4, -0.2) is 16.9 Å². The first-order valence-electron chi connectivity index (χ1n) is 5.80. The summed E-state index contributed by atoms with van der Waals surface area (Å²) in [7, 11) is 0. The molecule has 1 fully saturated rings. The number of aromatic nitrogens is 1. The Labute approximate surface area is 106 Å². The Balaban J connectivity index is 2.05. The van der Waals surface area contributed by atoms with Gasteiger partial charge in [-0.05, 0) is 31.7 Å². The van der Waals surface area contributed by atoms with E-state index >= 15 is 0 Å². The summed E-state index contributed by atoms with van der Waals surface area (Å²) in [5, 5.41) is 3.14. The van der Waals surface area contributed by atoms with Gasteiger partial charge >= 0.3 is 0 Å². The Bertz CT molecular complexity index is 432. The molecule has 1 aliphatic rings. The fourth-order valence-electron chi connectivity index (χ4n) is 1.97. The van der Waals surface area contributed by atoms with E-state index in [4.69, 9.17) is 17.3 Å². The molecule has 0 bridgehead atoms. The number of hydrogen-bond acceptors (Lipinski definition) is 3. The molecule has 1 aromatic rings. The largest absolute Gasteiger partial charge is 0.397 e. The first-order valence-corrected chi connectivity index (χ1v) is 6.17. The second-order valence-corrected chi connectivity index (χ2v) is 4.92. The van der Waals surface area contributed by atoms with Crippen molar-refractivity contribution in [1.29, 1.82) is 0 Å². The highest BCUT2D eigenvalue weighted by Crippen LogP contribution is 2.29. The van der Waals surface area contributed by atoms with Crippen LogP contribution in [0.5, 0.6) is 0 Å². The van der Waals surface area contributed by atoms with Gasteiger partial charge in [0, 0.05) is 6.04 Å². The first kappa shape index (κ1) is 12.2. The third-order valence-corrected chi connectivity index (χ3v) is 3.62. The van der Waals surface area contributed by atoms with Crippen LogP contribution in [0.25, 0.3) is 0 Å². The minimum Gasteiger partial charge on any atom is -0.397 e. The highest BCUT2D eigenvalue weighted by Gasteiger charge is 2.25. The molecule has 1 aliphatic carbocycles. The quantitative estimate of drug-likeness (QED) is 0.812. The molecule has 5 heteroatoms. The van der Waals surface area contributed by atoms with Crippen LogP contribution < -0.4 is 11.1 Å². The fraction of sp³-hybridized carbons (Fsp3) is 0.500. The molecular formula is C12H16ClN3O. The number of rotatable bonds is 3. The van der Waals surface area contributed by atoms with Crippen LogP contribution in [0.15, 0.2) is 12.3 Å². The van der Waals surface area contributed by atoms with E-state index in [2.05, 4.69) is 10.3 Å². The van der Waals surface area contributed by atoms with Crippen molar-refractivity contribution in [3.63, 3.8) is 0 Å². The lowest BCUT2D eigenvalue weighted by molar-refractivity contribution is 0.0909. The van der Waals surface area contributed by atoms with Crippen molar-refractivity contribution < 1.29 is 4.79 Å². The Morgan fingerprint density at radius 2 is 2.35 bits per heavy atom.